The number of aromatic nitrogens is 5. The predicted molar refractivity (Wildman–Crippen MR) is 203 cm³/mol. The van der Waals surface area contributed by atoms with Gasteiger partial charge in [-0.15, -0.1) is 0 Å². The third kappa shape index (κ3) is 4.25. The average molecular weight is 646 g/mol. The number of ether oxygens (including phenoxy) is 1. The van der Waals surface area contributed by atoms with Gasteiger partial charge in [0.25, 0.3) is 0 Å². The standard InChI is InChI=1S/C44H31N5O/c1-26-20-27(2)41(28(3)21-26)40-24-46-43-36-22-30(16-18-33(36)35-13-9-19-45-42(35)49(40)43)50-31-15-17-32-34-12-7-8-14-39(34)48-25-38(29-10-5-4-6-11-29)47-44(48)37(32)23-31/h4-25H,1-3H3. The lowest BCUT2D eigenvalue weighted by molar-refractivity contribution is 0.484. The lowest BCUT2D eigenvalue weighted by Gasteiger charge is -2.14. The van der Waals surface area contributed by atoms with Crippen LogP contribution in [0.3, 0.4) is 0 Å². The number of hydrogen-bond acceptors (Lipinski definition) is 4. The number of hydrogen-bond donors (Lipinski definition) is 0. The smallest absolute Gasteiger partial charge is 0.146 e. The van der Waals surface area contributed by atoms with E-state index < -0.39 is 0 Å². The minimum absolute atomic E-state index is 0.736. The molecule has 0 aliphatic carbocycles. The van der Waals surface area contributed by atoms with Gasteiger partial charge in [0.15, 0.2) is 0 Å². The minimum Gasteiger partial charge on any atom is -0.457 e. The zero-order valence-electron chi connectivity index (χ0n) is 27.8. The Balaban J connectivity index is 1.15. The summed E-state index contributed by atoms with van der Waals surface area (Å²) in [6.45, 7) is 6.48. The Labute approximate surface area is 287 Å². The molecule has 0 aliphatic rings. The third-order valence-electron chi connectivity index (χ3n) is 9.91. The van der Waals surface area contributed by atoms with Crippen molar-refractivity contribution >= 4 is 54.8 Å². The molecule has 238 valence electrons. The first-order valence-corrected chi connectivity index (χ1v) is 16.8. The van der Waals surface area contributed by atoms with E-state index in [1.165, 1.54) is 27.6 Å². The highest BCUT2D eigenvalue weighted by Gasteiger charge is 2.19. The fourth-order valence-corrected chi connectivity index (χ4v) is 7.86. The molecule has 0 fully saturated rings. The van der Waals surface area contributed by atoms with E-state index >= 15 is 0 Å². The molecule has 0 saturated carbocycles. The summed E-state index contributed by atoms with van der Waals surface area (Å²) in [5.41, 5.74) is 11.7. The largest absolute Gasteiger partial charge is 0.457 e. The van der Waals surface area contributed by atoms with Gasteiger partial charge in [-0.3, -0.25) is 8.80 Å². The quantitative estimate of drug-likeness (QED) is 0.179. The van der Waals surface area contributed by atoms with Gasteiger partial charge in [0.05, 0.1) is 23.1 Å². The van der Waals surface area contributed by atoms with Crippen molar-refractivity contribution in [1.29, 1.82) is 0 Å². The Morgan fingerprint density at radius 3 is 2.00 bits per heavy atom. The summed E-state index contributed by atoms with van der Waals surface area (Å²) in [5, 5.41) is 6.49. The van der Waals surface area contributed by atoms with Gasteiger partial charge in [-0.05, 0) is 97.3 Å². The molecule has 0 unspecified atom stereocenters. The molecule has 5 aromatic carbocycles. The summed E-state index contributed by atoms with van der Waals surface area (Å²) in [6.07, 6.45) is 5.96. The Morgan fingerprint density at radius 2 is 1.22 bits per heavy atom. The molecule has 6 heteroatoms. The van der Waals surface area contributed by atoms with Crippen LogP contribution in [0.25, 0.3) is 77.3 Å². The molecule has 10 aromatic rings. The van der Waals surface area contributed by atoms with Crippen LogP contribution in [0, 0.1) is 20.8 Å². The fourth-order valence-electron chi connectivity index (χ4n) is 7.86. The normalized spacial score (nSPS) is 11.9. The number of nitrogens with zero attached hydrogens (tertiary/aromatic N) is 5. The summed E-state index contributed by atoms with van der Waals surface area (Å²) in [6, 6.07) is 40.0. The summed E-state index contributed by atoms with van der Waals surface area (Å²) < 4.78 is 11.1. The van der Waals surface area contributed by atoms with E-state index in [0.29, 0.717) is 0 Å². The van der Waals surface area contributed by atoms with Gasteiger partial charge >= 0.3 is 0 Å². The van der Waals surface area contributed by atoms with Crippen molar-refractivity contribution in [2.75, 3.05) is 0 Å². The molecule has 0 amide bonds. The molecule has 0 saturated heterocycles. The molecule has 5 heterocycles. The number of pyridine rings is 3. The zero-order chi connectivity index (χ0) is 33.5. The maximum absolute atomic E-state index is 6.66. The Bertz CT molecular complexity index is 2970. The number of fused-ring (bicyclic) bond motifs is 12. The van der Waals surface area contributed by atoms with Crippen molar-refractivity contribution in [3.63, 3.8) is 0 Å². The van der Waals surface area contributed by atoms with Gasteiger partial charge in [0.1, 0.15) is 28.4 Å². The maximum Gasteiger partial charge on any atom is 0.146 e. The molecule has 0 N–H and O–H groups in total. The molecular formula is C44H31N5O. The third-order valence-corrected chi connectivity index (χ3v) is 9.91. The van der Waals surface area contributed by atoms with Crippen LogP contribution in [0.15, 0.2) is 134 Å². The van der Waals surface area contributed by atoms with Crippen molar-refractivity contribution in [3.8, 4) is 34.0 Å². The molecule has 6 nitrogen and oxygen atoms in total. The Morgan fingerprint density at radius 1 is 0.560 bits per heavy atom. The summed E-state index contributed by atoms with van der Waals surface area (Å²) in [4.78, 5) is 15.0. The first kappa shape index (κ1) is 28.5. The van der Waals surface area contributed by atoms with E-state index in [9.17, 15) is 0 Å². The van der Waals surface area contributed by atoms with E-state index in [-0.39, 0.29) is 0 Å². The molecule has 50 heavy (non-hydrogen) atoms. The molecule has 0 radical (unpaired) electrons. The summed E-state index contributed by atoms with van der Waals surface area (Å²) >= 11 is 0. The topological polar surface area (TPSA) is 56.7 Å². The van der Waals surface area contributed by atoms with Gasteiger partial charge < -0.3 is 4.74 Å². The lowest BCUT2D eigenvalue weighted by Crippen LogP contribution is -1.98. The van der Waals surface area contributed by atoms with Gasteiger partial charge in [0.2, 0.25) is 0 Å². The van der Waals surface area contributed by atoms with Crippen molar-refractivity contribution < 1.29 is 4.74 Å². The maximum atomic E-state index is 6.66. The molecule has 10 rings (SSSR count). The van der Waals surface area contributed by atoms with Crippen LogP contribution in [-0.4, -0.2) is 23.8 Å². The van der Waals surface area contributed by atoms with Crippen LogP contribution in [0.5, 0.6) is 11.5 Å². The molecule has 0 spiro atoms. The monoisotopic (exact) mass is 645 g/mol. The number of benzene rings is 5. The second-order valence-electron chi connectivity index (χ2n) is 13.2. The minimum atomic E-state index is 0.736. The van der Waals surface area contributed by atoms with Crippen molar-refractivity contribution in [1.82, 2.24) is 23.8 Å². The highest BCUT2D eigenvalue weighted by Crippen LogP contribution is 2.39. The van der Waals surface area contributed by atoms with E-state index in [4.69, 9.17) is 19.7 Å². The lowest BCUT2D eigenvalue weighted by atomic mass is 9.97. The molecule has 0 atom stereocenters. The number of para-hydroxylation sites is 1. The van der Waals surface area contributed by atoms with E-state index in [1.54, 1.807) is 0 Å². The molecular weight excluding hydrogens is 615 g/mol. The van der Waals surface area contributed by atoms with Gasteiger partial charge in [0, 0.05) is 45.1 Å². The second kappa shape index (κ2) is 10.7. The van der Waals surface area contributed by atoms with Crippen LogP contribution in [0.1, 0.15) is 16.7 Å². The van der Waals surface area contributed by atoms with Crippen molar-refractivity contribution in [3.05, 3.63) is 151 Å². The predicted octanol–water partition coefficient (Wildman–Crippen LogP) is 11.0. The van der Waals surface area contributed by atoms with Gasteiger partial charge in [-0.25, -0.2) is 15.0 Å². The SMILES string of the molecule is Cc1cc(C)c(-c2cnc3c4cc(Oc5ccc6c7ccccc7n7cc(-c8ccccc8)nc7c6c5)ccc4c4cccnc4n23)c(C)c1. The fraction of sp³-hybridized carbons (Fsp3) is 0.0682. The van der Waals surface area contributed by atoms with Crippen molar-refractivity contribution in [2.24, 2.45) is 0 Å². The van der Waals surface area contributed by atoms with E-state index in [2.05, 4.69) is 115 Å². The number of imidazole rings is 2. The van der Waals surface area contributed by atoms with Crippen LogP contribution in [0.2, 0.25) is 0 Å². The zero-order valence-corrected chi connectivity index (χ0v) is 27.8. The first-order chi connectivity index (χ1) is 24.5. The first-order valence-electron chi connectivity index (χ1n) is 16.8. The van der Waals surface area contributed by atoms with E-state index in [1.807, 2.05) is 48.8 Å². The second-order valence-corrected chi connectivity index (χ2v) is 13.2. The Hall–Kier alpha value is -6.53. The summed E-state index contributed by atoms with van der Waals surface area (Å²) in [5.74, 6) is 1.48. The van der Waals surface area contributed by atoms with Crippen LogP contribution in [0.4, 0.5) is 0 Å². The van der Waals surface area contributed by atoms with Crippen LogP contribution >= 0.6 is 0 Å². The van der Waals surface area contributed by atoms with Crippen LogP contribution in [-0.2, 0) is 0 Å². The summed E-state index contributed by atoms with van der Waals surface area (Å²) in [7, 11) is 0. The highest BCUT2D eigenvalue weighted by molar-refractivity contribution is 6.13. The van der Waals surface area contributed by atoms with Gasteiger partial charge in [-0.1, -0.05) is 66.2 Å². The molecule has 0 aliphatic heterocycles. The number of rotatable bonds is 4. The van der Waals surface area contributed by atoms with E-state index in [0.717, 1.165) is 77.8 Å². The highest BCUT2D eigenvalue weighted by atomic mass is 16.5. The number of aryl methyl sites for hydroxylation is 3. The Kier molecular flexibility index (Phi) is 6.12. The van der Waals surface area contributed by atoms with Crippen molar-refractivity contribution in [2.45, 2.75) is 20.8 Å². The molecule has 0 bridgehead atoms. The average Bonchev–Trinajstić information content (AvgIpc) is 3.78. The molecule has 5 aromatic heterocycles. The van der Waals surface area contributed by atoms with Gasteiger partial charge in [-0.2, -0.15) is 0 Å². The van der Waals surface area contributed by atoms with Crippen LogP contribution < -0.4 is 4.74 Å².